The fraction of sp³-hybridized carbons (Fsp3) is 0.600. The predicted octanol–water partition coefficient (Wildman–Crippen LogP) is 0.859. The van der Waals surface area contributed by atoms with Crippen molar-refractivity contribution in [2.45, 2.75) is 33.2 Å². The number of hydrogen-bond acceptors (Lipinski definition) is 5. The molecule has 0 saturated carbocycles. The maximum Gasteiger partial charge on any atom is 0.314 e. The van der Waals surface area contributed by atoms with Crippen LogP contribution >= 0.6 is 11.3 Å². The smallest absolute Gasteiger partial charge is 0.314 e. The molecule has 1 unspecified atom stereocenters. The van der Waals surface area contributed by atoms with Gasteiger partial charge in [-0.3, -0.25) is 14.4 Å². The summed E-state index contributed by atoms with van der Waals surface area (Å²) >= 11 is 1.33. The van der Waals surface area contributed by atoms with Crippen LogP contribution in [0.3, 0.4) is 0 Å². The standard InChI is InChI=1S/C15H20N4O3S/c1-9-16-6-11(23-9)17-12(20)13(21)18-5-4-10(7-18)19-8-15(2,3)14(19)22/h6,10H,4-5,7-8H2,1-3H3,(H,17,20). The summed E-state index contributed by atoms with van der Waals surface area (Å²) < 4.78 is 0. The molecule has 2 saturated heterocycles. The first kappa shape index (κ1) is 15.9. The quantitative estimate of drug-likeness (QED) is 0.641. The molecule has 1 N–H and O–H groups in total. The largest absolute Gasteiger partial charge is 0.336 e. The lowest BCUT2D eigenvalue weighted by Gasteiger charge is -2.47. The van der Waals surface area contributed by atoms with Crippen molar-refractivity contribution in [3.05, 3.63) is 11.2 Å². The number of β-lactam (4-membered cyclic amide) rings is 1. The van der Waals surface area contributed by atoms with E-state index in [1.54, 1.807) is 6.20 Å². The first-order valence-corrected chi connectivity index (χ1v) is 8.43. The van der Waals surface area contributed by atoms with Gasteiger partial charge < -0.3 is 15.1 Å². The molecule has 0 spiro atoms. The third kappa shape index (κ3) is 2.95. The molecule has 0 aromatic carbocycles. The topological polar surface area (TPSA) is 82.6 Å². The zero-order chi connectivity index (χ0) is 16.8. The Hall–Kier alpha value is -1.96. The van der Waals surface area contributed by atoms with E-state index >= 15 is 0 Å². The first-order chi connectivity index (χ1) is 10.8. The van der Waals surface area contributed by atoms with Crippen molar-refractivity contribution in [1.29, 1.82) is 0 Å². The minimum absolute atomic E-state index is 0.0259. The van der Waals surface area contributed by atoms with Gasteiger partial charge in [-0.05, 0) is 27.2 Å². The minimum Gasteiger partial charge on any atom is -0.336 e. The summed E-state index contributed by atoms with van der Waals surface area (Å²) in [5, 5.41) is 3.97. The fourth-order valence-corrected chi connectivity index (χ4v) is 3.74. The molecule has 124 valence electrons. The van der Waals surface area contributed by atoms with Crippen molar-refractivity contribution >= 4 is 34.1 Å². The zero-order valence-electron chi connectivity index (χ0n) is 13.5. The summed E-state index contributed by atoms with van der Waals surface area (Å²) in [5.74, 6) is -1.07. The van der Waals surface area contributed by atoms with Crippen LogP contribution in [0.2, 0.25) is 0 Å². The van der Waals surface area contributed by atoms with Gasteiger partial charge in [0.25, 0.3) is 0 Å². The Balaban J connectivity index is 1.55. The Morgan fingerprint density at radius 2 is 2.17 bits per heavy atom. The summed E-state index contributed by atoms with van der Waals surface area (Å²) in [4.78, 5) is 43.7. The van der Waals surface area contributed by atoms with Gasteiger partial charge in [-0.1, -0.05) is 0 Å². The molecule has 0 bridgehead atoms. The summed E-state index contributed by atoms with van der Waals surface area (Å²) in [6.07, 6.45) is 2.26. The summed E-state index contributed by atoms with van der Waals surface area (Å²) in [5.41, 5.74) is -0.293. The molecule has 3 amide bonds. The maximum atomic E-state index is 12.2. The number of aryl methyl sites for hydroxylation is 1. The molecule has 23 heavy (non-hydrogen) atoms. The molecule has 3 heterocycles. The van der Waals surface area contributed by atoms with Crippen molar-refractivity contribution in [3.8, 4) is 0 Å². The highest BCUT2D eigenvalue weighted by atomic mass is 32.1. The lowest BCUT2D eigenvalue weighted by atomic mass is 9.82. The van der Waals surface area contributed by atoms with Crippen molar-refractivity contribution in [2.24, 2.45) is 5.41 Å². The zero-order valence-corrected chi connectivity index (χ0v) is 14.3. The third-order valence-electron chi connectivity index (χ3n) is 4.35. The van der Waals surface area contributed by atoms with E-state index in [0.29, 0.717) is 24.6 Å². The van der Waals surface area contributed by atoms with Crippen molar-refractivity contribution in [1.82, 2.24) is 14.8 Å². The van der Waals surface area contributed by atoms with Crippen molar-refractivity contribution in [2.75, 3.05) is 25.0 Å². The Bertz CT molecular complexity index is 669. The van der Waals surface area contributed by atoms with Crippen LogP contribution in [-0.4, -0.2) is 58.2 Å². The Morgan fingerprint density at radius 3 is 2.74 bits per heavy atom. The predicted molar refractivity (Wildman–Crippen MR) is 86.0 cm³/mol. The van der Waals surface area contributed by atoms with E-state index in [0.717, 1.165) is 11.4 Å². The molecule has 1 aromatic rings. The van der Waals surface area contributed by atoms with Crippen LogP contribution in [0.25, 0.3) is 0 Å². The number of hydrogen-bond donors (Lipinski definition) is 1. The van der Waals surface area contributed by atoms with E-state index in [1.807, 2.05) is 25.7 Å². The number of thiazole rings is 1. The van der Waals surface area contributed by atoms with Crippen LogP contribution in [0.1, 0.15) is 25.3 Å². The second kappa shape index (κ2) is 5.59. The number of nitrogens with one attached hydrogen (secondary N) is 1. The second-order valence-corrected chi connectivity index (χ2v) is 7.94. The van der Waals surface area contributed by atoms with Crippen molar-refractivity contribution < 1.29 is 14.4 Å². The second-order valence-electron chi connectivity index (χ2n) is 6.71. The number of amides is 3. The first-order valence-electron chi connectivity index (χ1n) is 7.62. The average molecular weight is 336 g/mol. The van der Waals surface area contributed by atoms with Gasteiger partial charge >= 0.3 is 11.8 Å². The van der Waals surface area contributed by atoms with Crippen LogP contribution in [0.4, 0.5) is 5.00 Å². The molecule has 3 rings (SSSR count). The van der Waals surface area contributed by atoms with Gasteiger partial charge in [-0.25, -0.2) is 4.98 Å². The Kier molecular flexibility index (Phi) is 3.87. The van der Waals surface area contributed by atoms with Crippen LogP contribution in [0.5, 0.6) is 0 Å². The van der Waals surface area contributed by atoms with Crippen LogP contribution in [0.15, 0.2) is 6.20 Å². The number of rotatable bonds is 2. The SMILES string of the molecule is Cc1ncc(NC(=O)C(=O)N2CCC(N3CC(C)(C)C3=O)C2)s1. The number of carbonyl (C=O) groups is 3. The molecule has 1 atom stereocenters. The van der Waals surface area contributed by atoms with Crippen LogP contribution < -0.4 is 5.32 Å². The Labute approximate surface area is 138 Å². The van der Waals surface area contributed by atoms with Crippen LogP contribution in [-0.2, 0) is 14.4 Å². The molecule has 7 nitrogen and oxygen atoms in total. The third-order valence-corrected chi connectivity index (χ3v) is 5.18. The molecule has 2 aliphatic rings. The van der Waals surface area contributed by atoms with Gasteiger partial charge in [0.2, 0.25) is 5.91 Å². The van der Waals surface area contributed by atoms with Gasteiger partial charge in [-0.15, -0.1) is 11.3 Å². The van der Waals surface area contributed by atoms with E-state index < -0.39 is 11.8 Å². The molecule has 0 radical (unpaired) electrons. The lowest BCUT2D eigenvalue weighted by molar-refractivity contribution is -0.160. The molecule has 1 aromatic heterocycles. The highest BCUT2D eigenvalue weighted by molar-refractivity contribution is 7.15. The van der Waals surface area contributed by atoms with E-state index in [-0.39, 0.29) is 17.4 Å². The lowest BCUT2D eigenvalue weighted by Crippen LogP contribution is -2.62. The number of carbonyl (C=O) groups excluding carboxylic acids is 3. The van der Waals surface area contributed by atoms with Gasteiger partial charge in [0.15, 0.2) is 0 Å². The summed E-state index contributed by atoms with van der Waals surface area (Å²) in [6.45, 7) is 7.32. The normalized spacial score (nSPS) is 22.9. The summed E-state index contributed by atoms with van der Waals surface area (Å²) in [7, 11) is 0. The van der Waals surface area contributed by atoms with Gasteiger partial charge in [0, 0.05) is 19.6 Å². The van der Waals surface area contributed by atoms with E-state index in [2.05, 4.69) is 10.3 Å². The van der Waals surface area contributed by atoms with E-state index in [1.165, 1.54) is 16.2 Å². The van der Waals surface area contributed by atoms with Crippen molar-refractivity contribution in [3.63, 3.8) is 0 Å². The van der Waals surface area contributed by atoms with Gasteiger partial charge in [0.1, 0.15) is 5.00 Å². The Morgan fingerprint density at radius 1 is 1.43 bits per heavy atom. The fourth-order valence-electron chi connectivity index (χ4n) is 3.07. The monoisotopic (exact) mass is 336 g/mol. The molecule has 2 fully saturated rings. The highest BCUT2D eigenvalue weighted by Crippen LogP contribution is 2.34. The molecule has 0 aliphatic carbocycles. The highest BCUT2D eigenvalue weighted by Gasteiger charge is 2.49. The maximum absolute atomic E-state index is 12.2. The average Bonchev–Trinajstić information content (AvgIpc) is 3.13. The summed E-state index contributed by atoms with van der Waals surface area (Å²) in [6, 6.07) is 0.0259. The molecule has 8 heteroatoms. The molecular formula is C15H20N4O3S. The van der Waals surface area contributed by atoms with Gasteiger partial charge in [-0.2, -0.15) is 0 Å². The number of aromatic nitrogens is 1. The number of nitrogens with zero attached hydrogens (tertiary/aromatic N) is 3. The van der Waals surface area contributed by atoms with Crippen LogP contribution in [0, 0.1) is 12.3 Å². The number of likely N-dealkylation sites (tertiary alicyclic amines) is 2. The molecular weight excluding hydrogens is 316 g/mol. The minimum atomic E-state index is -0.649. The van der Waals surface area contributed by atoms with Gasteiger partial charge in [0.05, 0.1) is 22.7 Å². The van der Waals surface area contributed by atoms with E-state index in [4.69, 9.17) is 0 Å². The van der Waals surface area contributed by atoms with E-state index in [9.17, 15) is 14.4 Å². The number of anilines is 1. The molecule has 2 aliphatic heterocycles.